The summed E-state index contributed by atoms with van der Waals surface area (Å²) in [4.78, 5) is 0. The van der Waals surface area contributed by atoms with E-state index in [4.69, 9.17) is 0 Å². The van der Waals surface area contributed by atoms with Crippen molar-refractivity contribution in [2.24, 2.45) is 5.92 Å². The van der Waals surface area contributed by atoms with Gasteiger partial charge in [-0.25, -0.2) is 0 Å². The van der Waals surface area contributed by atoms with E-state index in [2.05, 4.69) is 44.4 Å². The highest BCUT2D eigenvalue weighted by atomic mass is 14.8. The summed E-state index contributed by atoms with van der Waals surface area (Å²) in [6.45, 7) is 5.55. The maximum absolute atomic E-state index is 3.40. The van der Waals surface area contributed by atoms with Crippen LogP contribution in [0.5, 0.6) is 0 Å². The van der Waals surface area contributed by atoms with Gasteiger partial charge in [0.1, 0.15) is 0 Å². The van der Waals surface area contributed by atoms with E-state index >= 15 is 0 Å². The topological polar surface area (TPSA) is 12.0 Å². The molecule has 1 saturated carbocycles. The zero-order valence-electron chi connectivity index (χ0n) is 12.1. The molecule has 1 unspecified atom stereocenters. The summed E-state index contributed by atoms with van der Waals surface area (Å²) in [7, 11) is 2.08. The molecule has 0 bridgehead atoms. The molecule has 0 amide bonds. The predicted molar refractivity (Wildman–Crippen MR) is 79.2 cm³/mol. The number of aryl methyl sites for hydroxylation is 2. The molecule has 1 atom stereocenters. The highest BCUT2D eigenvalue weighted by molar-refractivity contribution is 5.32. The summed E-state index contributed by atoms with van der Waals surface area (Å²) < 4.78 is 0. The minimum atomic E-state index is 0.703. The Balaban J connectivity index is 2.19. The second-order valence-corrected chi connectivity index (χ2v) is 5.91. The molecule has 0 aliphatic heterocycles. The van der Waals surface area contributed by atoms with E-state index in [1.54, 1.807) is 5.56 Å². The molecule has 0 heterocycles. The van der Waals surface area contributed by atoms with Crippen LogP contribution < -0.4 is 5.32 Å². The van der Waals surface area contributed by atoms with Gasteiger partial charge >= 0.3 is 0 Å². The molecule has 0 aromatic heterocycles. The Bertz CT molecular complexity index is 377. The maximum atomic E-state index is 3.40. The van der Waals surface area contributed by atoms with E-state index in [0.29, 0.717) is 5.92 Å². The number of benzene rings is 1. The first-order chi connectivity index (χ1) is 8.72. The normalized spacial score (nSPS) is 18.8. The Morgan fingerprint density at radius 2 is 1.83 bits per heavy atom. The SMILES string of the molecule is CNCC(c1ccc(C)c(C)c1)C1CCCCC1. The van der Waals surface area contributed by atoms with Crippen LogP contribution in [-0.4, -0.2) is 13.6 Å². The second-order valence-electron chi connectivity index (χ2n) is 5.91. The maximum Gasteiger partial charge on any atom is 0.00198 e. The molecule has 100 valence electrons. The second kappa shape index (κ2) is 6.38. The summed E-state index contributed by atoms with van der Waals surface area (Å²) in [6.07, 6.45) is 7.12. The van der Waals surface area contributed by atoms with Crippen molar-refractivity contribution in [3.8, 4) is 0 Å². The van der Waals surface area contributed by atoms with Crippen molar-refractivity contribution in [3.63, 3.8) is 0 Å². The molecule has 1 heteroatoms. The molecule has 1 aliphatic rings. The van der Waals surface area contributed by atoms with Crippen molar-refractivity contribution >= 4 is 0 Å². The van der Waals surface area contributed by atoms with Crippen LogP contribution in [0.25, 0.3) is 0 Å². The van der Waals surface area contributed by atoms with Gasteiger partial charge < -0.3 is 5.32 Å². The van der Waals surface area contributed by atoms with Crippen LogP contribution in [0.1, 0.15) is 54.7 Å². The Morgan fingerprint density at radius 3 is 2.44 bits per heavy atom. The van der Waals surface area contributed by atoms with Crippen LogP contribution in [0.2, 0.25) is 0 Å². The quantitative estimate of drug-likeness (QED) is 0.839. The van der Waals surface area contributed by atoms with Crippen molar-refractivity contribution in [3.05, 3.63) is 34.9 Å². The van der Waals surface area contributed by atoms with Gasteiger partial charge in [-0.15, -0.1) is 0 Å². The fourth-order valence-corrected chi connectivity index (χ4v) is 3.31. The van der Waals surface area contributed by atoms with Crippen LogP contribution in [0.4, 0.5) is 0 Å². The highest BCUT2D eigenvalue weighted by Crippen LogP contribution is 2.36. The van der Waals surface area contributed by atoms with Gasteiger partial charge in [-0.3, -0.25) is 0 Å². The van der Waals surface area contributed by atoms with E-state index in [1.165, 1.54) is 43.2 Å². The van der Waals surface area contributed by atoms with Gasteiger partial charge in [0, 0.05) is 6.54 Å². The lowest BCUT2D eigenvalue weighted by Crippen LogP contribution is -2.26. The molecule has 1 nitrogen and oxygen atoms in total. The molecule has 1 fully saturated rings. The Labute approximate surface area is 112 Å². The number of rotatable bonds is 4. The zero-order valence-corrected chi connectivity index (χ0v) is 12.1. The molecule has 1 aromatic carbocycles. The lowest BCUT2D eigenvalue weighted by atomic mass is 9.76. The Morgan fingerprint density at radius 1 is 1.11 bits per heavy atom. The lowest BCUT2D eigenvalue weighted by molar-refractivity contribution is 0.300. The largest absolute Gasteiger partial charge is 0.319 e. The van der Waals surface area contributed by atoms with Gasteiger partial charge in [0.2, 0.25) is 0 Å². The first kappa shape index (κ1) is 13.6. The predicted octanol–water partition coefficient (Wildman–Crippen LogP) is 4.19. The zero-order chi connectivity index (χ0) is 13.0. The summed E-state index contributed by atoms with van der Waals surface area (Å²) in [6, 6.07) is 7.04. The van der Waals surface area contributed by atoms with E-state index < -0.39 is 0 Å². The third-order valence-electron chi connectivity index (χ3n) is 4.60. The van der Waals surface area contributed by atoms with Crippen LogP contribution >= 0.6 is 0 Å². The summed E-state index contributed by atoms with van der Waals surface area (Å²) in [5.41, 5.74) is 4.38. The molecular formula is C17H27N. The van der Waals surface area contributed by atoms with Crippen molar-refractivity contribution < 1.29 is 0 Å². The van der Waals surface area contributed by atoms with Crippen molar-refractivity contribution in [2.75, 3.05) is 13.6 Å². The van der Waals surface area contributed by atoms with Crippen LogP contribution in [0.3, 0.4) is 0 Å². The molecule has 18 heavy (non-hydrogen) atoms. The fraction of sp³-hybridized carbons (Fsp3) is 0.647. The molecule has 2 rings (SSSR count). The third kappa shape index (κ3) is 3.14. The minimum Gasteiger partial charge on any atom is -0.319 e. The summed E-state index contributed by atoms with van der Waals surface area (Å²) >= 11 is 0. The monoisotopic (exact) mass is 245 g/mol. The molecule has 1 aromatic rings. The van der Waals surface area contributed by atoms with Gasteiger partial charge in [0.25, 0.3) is 0 Å². The number of hydrogen-bond donors (Lipinski definition) is 1. The summed E-state index contributed by atoms with van der Waals surface area (Å²) in [5, 5.41) is 3.40. The van der Waals surface area contributed by atoms with Gasteiger partial charge in [-0.2, -0.15) is 0 Å². The van der Waals surface area contributed by atoms with E-state index in [-0.39, 0.29) is 0 Å². The first-order valence-corrected chi connectivity index (χ1v) is 7.44. The van der Waals surface area contributed by atoms with Crippen LogP contribution in [0, 0.1) is 19.8 Å². The molecule has 0 spiro atoms. The lowest BCUT2D eigenvalue weighted by Gasteiger charge is -2.31. The van der Waals surface area contributed by atoms with Crippen molar-refractivity contribution in [2.45, 2.75) is 51.9 Å². The smallest absolute Gasteiger partial charge is 0.00198 e. The van der Waals surface area contributed by atoms with Crippen LogP contribution in [0.15, 0.2) is 18.2 Å². The van der Waals surface area contributed by atoms with Crippen molar-refractivity contribution in [1.82, 2.24) is 5.32 Å². The van der Waals surface area contributed by atoms with Crippen molar-refractivity contribution in [1.29, 1.82) is 0 Å². The fourth-order valence-electron chi connectivity index (χ4n) is 3.31. The molecule has 0 radical (unpaired) electrons. The van der Waals surface area contributed by atoms with Gasteiger partial charge in [0.05, 0.1) is 0 Å². The molecule has 1 aliphatic carbocycles. The number of hydrogen-bond acceptors (Lipinski definition) is 1. The number of likely N-dealkylation sites (N-methyl/N-ethyl adjacent to an activating group) is 1. The van der Waals surface area contributed by atoms with Gasteiger partial charge in [-0.05, 0) is 62.3 Å². The van der Waals surface area contributed by atoms with Gasteiger partial charge in [0.15, 0.2) is 0 Å². The summed E-state index contributed by atoms with van der Waals surface area (Å²) in [5.74, 6) is 1.59. The molecule has 0 saturated heterocycles. The van der Waals surface area contributed by atoms with Gasteiger partial charge in [-0.1, -0.05) is 37.5 Å². The average Bonchev–Trinajstić information content (AvgIpc) is 2.40. The van der Waals surface area contributed by atoms with E-state index in [0.717, 1.165) is 12.5 Å². The first-order valence-electron chi connectivity index (χ1n) is 7.44. The Kier molecular flexibility index (Phi) is 4.82. The van der Waals surface area contributed by atoms with E-state index in [1.807, 2.05) is 0 Å². The van der Waals surface area contributed by atoms with Crippen LogP contribution in [-0.2, 0) is 0 Å². The van der Waals surface area contributed by atoms with E-state index in [9.17, 15) is 0 Å². The minimum absolute atomic E-state index is 0.703. The Hall–Kier alpha value is -0.820. The highest BCUT2D eigenvalue weighted by Gasteiger charge is 2.24. The third-order valence-corrected chi connectivity index (χ3v) is 4.60. The number of nitrogens with one attached hydrogen (secondary N) is 1. The molecular weight excluding hydrogens is 218 g/mol. The average molecular weight is 245 g/mol. The molecule has 1 N–H and O–H groups in total. The standard InChI is InChI=1S/C17H27N/c1-13-9-10-16(11-14(13)2)17(12-18-3)15-7-5-4-6-8-15/h9-11,15,17-18H,4-8,12H2,1-3H3.